The van der Waals surface area contributed by atoms with E-state index in [1.807, 2.05) is 6.08 Å². The molecule has 7 unspecified atom stereocenters. The van der Waals surface area contributed by atoms with E-state index in [0.717, 1.165) is 44.9 Å². The minimum absolute atomic E-state index is 0.188. The molecule has 1 aliphatic heterocycles. The van der Waals surface area contributed by atoms with Crippen LogP contribution in [-0.2, 0) is 14.3 Å². The van der Waals surface area contributed by atoms with E-state index >= 15 is 0 Å². The van der Waals surface area contributed by atoms with Crippen molar-refractivity contribution in [3.05, 3.63) is 36.5 Å². The molecule has 1 rings (SSSR count). The highest BCUT2D eigenvalue weighted by Crippen LogP contribution is 2.23. The van der Waals surface area contributed by atoms with Crippen LogP contribution in [0.2, 0.25) is 0 Å². The fraction of sp³-hybridized carbons (Fsp3) is 0.883. The highest BCUT2D eigenvalue weighted by Gasteiger charge is 2.44. The van der Waals surface area contributed by atoms with Crippen molar-refractivity contribution in [2.24, 2.45) is 0 Å². The molecule has 9 heteroatoms. The van der Waals surface area contributed by atoms with Crippen LogP contribution >= 0.6 is 0 Å². The second-order valence-corrected chi connectivity index (χ2v) is 20.8. The van der Waals surface area contributed by atoms with E-state index in [4.69, 9.17) is 9.47 Å². The molecule has 1 fully saturated rings. The average Bonchev–Trinajstić information content (AvgIpc) is 3.35. The largest absolute Gasteiger partial charge is 0.394 e. The van der Waals surface area contributed by atoms with E-state index in [-0.39, 0.29) is 12.5 Å². The predicted molar refractivity (Wildman–Crippen MR) is 290 cm³/mol. The molecule has 9 nitrogen and oxygen atoms in total. The van der Waals surface area contributed by atoms with E-state index in [0.29, 0.717) is 6.42 Å². The van der Waals surface area contributed by atoms with Gasteiger partial charge in [0.15, 0.2) is 6.29 Å². The molecule has 0 aromatic rings. The van der Waals surface area contributed by atoms with Crippen molar-refractivity contribution in [1.82, 2.24) is 5.32 Å². The second kappa shape index (κ2) is 50.0. The van der Waals surface area contributed by atoms with E-state index in [9.17, 15) is 30.3 Å². The van der Waals surface area contributed by atoms with Crippen LogP contribution in [0.3, 0.4) is 0 Å². The lowest BCUT2D eigenvalue weighted by molar-refractivity contribution is -0.302. The zero-order valence-electron chi connectivity index (χ0n) is 45.1. The summed E-state index contributed by atoms with van der Waals surface area (Å²) in [6.07, 6.45) is 58.1. The Balaban J connectivity index is 2.19. The molecule has 6 N–H and O–H groups in total. The van der Waals surface area contributed by atoms with Gasteiger partial charge in [-0.2, -0.15) is 0 Å². The Hall–Kier alpha value is -1.59. The zero-order valence-corrected chi connectivity index (χ0v) is 45.1. The maximum absolute atomic E-state index is 13.0. The molecule has 69 heavy (non-hydrogen) atoms. The Labute approximate surface area is 425 Å². The number of rotatable bonds is 51. The maximum Gasteiger partial charge on any atom is 0.220 e. The third kappa shape index (κ3) is 39.6. The summed E-state index contributed by atoms with van der Waals surface area (Å²) in [4.78, 5) is 13.0. The molecular weight excluding hydrogens is 863 g/mol. The van der Waals surface area contributed by atoms with Crippen molar-refractivity contribution in [2.45, 2.75) is 326 Å². The van der Waals surface area contributed by atoms with Crippen LogP contribution in [-0.4, -0.2) is 87.5 Å². The molecule has 1 amide bonds. The molecule has 7 atom stereocenters. The maximum atomic E-state index is 13.0. The SMILES string of the molecule is CCCCCCCCCCCCCCCCCCCCCCCC/C=C/CC/C=C/CC/C=C/C(O)C(COC1OC(CO)C(O)C(O)C1O)NC(=O)CCCCCCCCCCCCCCCC. The van der Waals surface area contributed by atoms with Crippen LogP contribution in [0.5, 0.6) is 0 Å². The van der Waals surface area contributed by atoms with Gasteiger partial charge in [-0.1, -0.05) is 269 Å². The van der Waals surface area contributed by atoms with Gasteiger partial charge in [-0.25, -0.2) is 0 Å². The van der Waals surface area contributed by atoms with Gasteiger partial charge < -0.3 is 40.3 Å². The molecule has 0 spiro atoms. The van der Waals surface area contributed by atoms with E-state index in [2.05, 4.69) is 43.5 Å². The minimum atomic E-state index is -1.57. The zero-order chi connectivity index (χ0) is 50.1. The number of carbonyl (C=O) groups excluding carboxylic acids is 1. The van der Waals surface area contributed by atoms with Gasteiger partial charge in [0.1, 0.15) is 24.4 Å². The van der Waals surface area contributed by atoms with Gasteiger partial charge in [-0.05, 0) is 44.9 Å². The summed E-state index contributed by atoms with van der Waals surface area (Å²) in [6, 6.07) is -0.825. The summed E-state index contributed by atoms with van der Waals surface area (Å²) in [5, 5.41) is 54.4. The van der Waals surface area contributed by atoms with Crippen molar-refractivity contribution >= 4 is 5.91 Å². The summed E-state index contributed by atoms with van der Waals surface area (Å²) in [5.41, 5.74) is 0. The Bertz CT molecular complexity index is 1180. The number of carbonyl (C=O) groups is 1. The molecular formula is C60H113NO8. The van der Waals surface area contributed by atoms with Gasteiger partial charge in [-0.3, -0.25) is 4.79 Å². The number of aliphatic hydroxyl groups is 5. The summed E-state index contributed by atoms with van der Waals surface area (Å²) in [6.45, 7) is 3.78. The highest BCUT2D eigenvalue weighted by molar-refractivity contribution is 5.76. The fourth-order valence-corrected chi connectivity index (χ4v) is 9.49. The van der Waals surface area contributed by atoms with Gasteiger partial charge in [-0.15, -0.1) is 0 Å². The first-order valence-corrected chi connectivity index (χ1v) is 29.7. The molecule has 1 saturated heterocycles. The van der Waals surface area contributed by atoms with E-state index in [1.54, 1.807) is 6.08 Å². The van der Waals surface area contributed by atoms with Crippen LogP contribution in [0, 0.1) is 0 Å². The van der Waals surface area contributed by atoms with Crippen LogP contribution in [0.25, 0.3) is 0 Å². The normalized spacial score (nSPS) is 19.7. The number of ether oxygens (including phenoxy) is 2. The standard InChI is InChI=1S/C60H113NO8/c1-3-5-7-9-11-13-15-17-19-20-21-22-23-24-25-26-27-28-29-30-31-32-33-34-35-36-37-39-41-43-45-47-49-54(63)53(52-68-60-59(67)58(66)57(65)55(51-62)69-60)61-56(64)50-48-46-44-42-40-38-18-16-14-12-10-8-6-4-2/h34-35,39,41,47,49,53-55,57-60,62-63,65-67H,3-33,36-38,40,42-46,48,50-52H2,1-2H3,(H,61,64)/b35-34+,41-39+,49-47+. The molecule has 0 aliphatic carbocycles. The number of hydrogen-bond acceptors (Lipinski definition) is 8. The quantitative estimate of drug-likeness (QED) is 0.0261. The lowest BCUT2D eigenvalue weighted by Gasteiger charge is -2.40. The van der Waals surface area contributed by atoms with Crippen LogP contribution in [0.15, 0.2) is 36.5 Å². The smallest absolute Gasteiger partial charge is 0.220 e. The molecule has 0 bridgehead atoms. The molecule has 0 aromatic carbocycles. The Morgan fingerprint density at radius 3 is 1.22 bits per heavy atom. The number of amides is 1. The molecule has 0 radical (unpaired) electrons. The van der Waals surface area contributed by atoms with Crippen LogP contribution < -0.4 is 5.32 Å². The Morgan fingerprint density at radius 2 is 0.826 bits per heavy atom. The summed E-state index contributed by atoms with van der Waals surface area (Å²) >= 11 is 0. The predicted octanol–water partition coefficient (Wildman–Crippen LogP) is 14.7. The second-order valence-electron chi connectivity index (χ2n) is 20.8. The van der Waals surface area contributed by atoms with Crippen molar-refractivity contribution in [2.75, 3.05) is 13.2 Å². The molecule has 0 aromatic heterocycles. The number of nitrogens with one attached hydrogen (secondary N) is 1. The molecule has 406 valence electrons. The van der Waals surface area contributed by atoms with Gasteiger partial charge in [0.05, 0.1) is 25.4 Å². The molecule has 0 saturated carbocycles. The van der Waals surface area contributed by atoms with E-state index in [1.165, 1.54) is 218 Å². The first kappa shape index (κ1) is 65.4. The number of hydrogen-bond donors (Lipinski definition) is 6. The van der Waals surface area contributed by atoms with Gasteiger partial charge in [0.25, 0.3) is 0 Å². The Morgan fingerprint density at radius 1 is 0.478 bits per heavy atom. The van der Waals surface area contributed by atoms with Crippen molar-refractivity contribution in [3.8, 4) is 0 Å². The number of allylic oxidation sites excluding steroid dienone is 5. The van der Waals surface area contributed by atoms with Gasteiger partial charge >= 0.3 is 0 Å². The summed E-state index contributed by atoms with van der Waals surface area (Å²) in [7, 11) is 0. The van der Waals surface area contributed by atoms with Crippen LogP contribution in [0.4, 0.5) is 0 Å². The van der Waals surface area contributed by atoms with Crippen molar-refractivity contribution in [3.63, 3.8) is 0 Å². The van der Waals surface area contributed by atoms with Crippen molar-refractivity contribution < 1.29 is 39.8 Å². The van der Waals surface area contributed by atoms with Gasteiger partial charge in [0.2, 0.25) is 5.91 Å². The van der Waals surface area contributed by atoms with Gasteiger partial charge in [0, 0.05) is 6.42 Å². The first-order valence-electron chi connectivity index (χ1n) is 29.7. The summed E-state index contributed by atoms with van der Waals surface area (Å²) in [5.74, 6) is -0.188. The topological polar surface area (TPSA) is 149 Å². The van der Waals surface area contributed by atoms with E-state index < -0.39 is 49.5 Å². The highest BCUT2D eigenvalue weighted by atomic mass is 16.7. The fourth-order valence-electron chi connectivity index (χ4n) is 9.49. The molecule has 1 aliphatic rings. The first-order chi connectivity index (χ1) is 33.8. The average molecular weight is 977 g/mol. The number of unbranched alkanes of at least 4 members (excludes halogenated alkanes) is 37. The lowest BCUT2D eigenvalue weighted by atomic mass is 9.99. The third-order valence-electron chi connectivity index (χ3n) is 14.2. The number of aliphatic hydroxyl groups excluding tert-OH is 5. The monoisotopic (exact) mass is 976 g/mol. The lowest BCUT2D eigenvalue weighted by Crippen LogP contribution is -2.60. The third-order valence-corrected chi connectivity index (χ3v) is 14.2. The Kier molecular flexibility index (Phi) is 47.4. The van der Waals surface area contributed by atoms with Crippen LogP contribution in [0.1, 0.15) is 284 Å². The summed E-state index contributed by atoms with van der Waals surface area (Å²) < 4.78 is 11.2. The minimum Gasteiger partial charge on any atom is -0.394 e. The molecule has 1 heterocycles. The van der Waals surface area contributed by atoms with Crippen molar-refractivity contribution in [1.29, 1.82) is 0 Å².